The van der Waals surface area contributed by atoms with E-state index in [2.05, 4.69) is 10.4 Å². The molecule has 138 valence electrons. The second kappa shape index (κ2) is 7.74. The van der Waals surface area contributed by atoms with Gasteiger partial charge in [0, 0.05) is 12.6 Å². The zero-order valence-corrected chi connectivity index (χ0v) is 15.2. The molecule has 7 heteroatoms. The summed E-state index contributed by atoms with van der Waals surface area (Å²) in [6, 6.07) is 15.8. The fraction of sp³-hybridized carbons (Fsp3) is 0.150. The minimum Gasteiger partial charge on any atom is -0.497 e. The van der Waals surface area contributed by atoms with Crippen molar-refractivity contribution < 1.29 is 19.1 Å². The van der Waals surface area contributed by atoms with E-state index < -0.39 is 11.9 Å². The van der Waals surface area contributed by atoms with Crippen LogP contribution < -0.4 is 10.1 Å². The lowest BCUT2D eigenvalue weighted by Gasteiger charge is -2.08. The molecule has 0 aliphatic heterocycles. The Balaban J connectivity index is 1.85. The zero-order chi connectivity index (χ0) is 19.4. The molecule has 1 heterocycles. The van der Waals surface area contributed by atoms with Crippen LogP contribution in [0.2, 0.25) is 0 Å². The molecule has 0 saturated carbocycles. The summed E-state index contributed by atoms with van der Waals surface area (Å²) in [5.74, 6) is -0.189. The van der Waals surface area contributed by atoms with E-state index in [0.717, 1.165) is 17.0 Å². The topological polar surface area (TPSA) is 82.5 Å². The van der Waals surface area contributed by atoms with Crippen LogP contribution >= 0.6 is 0 Å². The Morgan fingerprint density at radius 3 is 2.41 bits per heavy atom. The van der Waals surface area contributed by atoms with Crippen molar-refractivity contribution in [1.82, 2.24) is 9.78 Å². The lowest BCUT2D eigenvalue weighted by atomic mass is 10.1. The van der Waals surface area contributed by atoms with Crippen molar-refractivity contribution in [3.05, 3.63) is 65.9 Å². The molecule has 0 spiro atoms. The summed E-state index contributed by atoms with van der Waals surface area (Å²) in [7, 11) is 4.66. The normalized spacial score (nSPS) is 10.3. The first-order chi connectivity index (χ1) is 13.0. The Morgan fingerprint density at radius 2 is 1.74 bits per heavy atom. The van der Waals surface area contributed by atoms with E-state index in [1.807, 2.05) is 24.3 Å². The van der Waals surface area contributed by atoms with E-state index in [0.29, 0.717) is 5.69 Å². The van der Waals surface area contributed by atoms with Crippen LogP contribution in [0.15, 0.2) is 54.6 Å². The highest BCUT2D eigenvalue weighted by Crippen LogP contribution is 2.23. The maximum Gasteiger partial charge on any atom is 0.339 e. The van der Waals surface area contributed by atoms with Gasteiger partial charge in [0.2, 0.25) is 0 Å². The number of benzene rings is 2. The number of rotatable bonds is 5. The molecule has 27 heavy (non-hydrogen) atoms. The molecule has 0 atom stereocenters. The summed E-state index contributed by atoms with van der Waals surface area (Å²) < 4.78 is 11.5. The molecule has 1 amide bonds. The number of nitrogens with one attached hydrogen (secondary N) is 1. The summed E-state index contributed by atoms with van der Waals surface area (Å²) in [4.78, 5) is 24.5. The van der Waals surface area contributed by atoms with Crippen molar-refractivity contribution in [1.29, 1.82) is 0 Å². The van der Waals surface area contributed by atoms with Crippen molar-refractivity contribution in [2.45, 2.75) is 0 Å². The molecule has 0 fully saturated rings. The fourth-order valence-electron chi connectivity index (χ4n) is 2.68. The quantitative estimate of drug-likeness (QED) is 0.703. The SMILES string of the molecule is COC(=O)c1ccccc1NC(=O)c1cc(-c2ccc(OC)cc2)n(C)n1. The molecule has 0 aliphatic carbocycles. The molecule has 0 saturated heterocycles. The van der Waals surface area contributed by atoms with Gasteiger partial charge in [0.25, 0.3) is 5.91 Å². The number of anilines is 1. The van der Waals surface area contributed by atoms with Crippen LogP contribution in [0.4, 0.5) is 5.69 Å². The third-order valence-corrected chi connectivity index (χ3v) is 4.08. The van der Waals surface area contributed by atoms with Crippen LogP contribution in [-0.4, -0.2) is 35.9 Å². The first kappa shape index (κ1) is 18.2. The molecule has 0 bridgehead atoms. The van der Waals surface area contributed by atoms with Gasteiger partial charge in [0.05, 0.1) is 31.2 Å². The molecule has 2 aromatic carbocycles. The first-order valence-corrected chi connectivity index (χ1v) is 8.20. The number of para-hydroxylation sites is 1. The molecular weight excluding hydrogens is 346 g/mol. The van der Waals surface area contributed by atoms with Gasteiger partial charge >= 0.3 is 5.97 Å². The molecule has 3 rings (SSSR count). The van der Waals surface area contributed by atoms with E-state index in [4.69, 9.17) is 9.47 Å². The van der Waals surface area contributed by atoms with Crippen molar-refractivity contribution in [3.8, 4) is 17.0 Å². The van der Waals surface area contributed by atoms with Gasteiger partial charge in [-0.1, -0.05) is 12.1 Å². The Labute approximate surface area is 156 Å². The average molecular weight is 365 g/mol. The number of nitrogens with zero attached hydrogens (tertiary/aromatic N) is 2. The highest BCUT2D eigenvalue weighted by molar-refractivity contribution is 6.07. The van der Waals surface area contributed by atoms with Gasteiger partial charge in [0.1, 0.15) is 5.75 Å². The maximum atomic E-state index is 12.6. The van der Waals surface area contributed by atoms with Gasteiger partial charge in [-0.3, -0.25) is 9.48 Å². The van der Waals surface area contributed by atoms with Gasteiger partial charge in [-0.15, -0.1) is 0 Å². The van der Waals surface area contributed by atoms with Gasteiger partial charge in [-0.25, -0.2) is 4.79 Å². The monoisotopic (exact) mass is 365 g/mol. The van der Waals surface area contributed by atoms with Gasteiger partial charge in [-0.2, -0.15) is 5.10 Å². The largest absolute Gasteiger partial charge is 0.497 e. The number of aryl methyl sites for hydroxylation is 1. The first-order valence-electron chi connectivity index (χ1n) is 8.20. The third-order valence-electron chi connectivity index (χ3n) is 4.08. The van der Waals surface area contributed by atoms with E-state index in [-0.39, 0.29) is 11.3 Å². The highest BCUT2D eigenvalue weighted by Gasteiger charge is 2.17. The number of carbonyl (C=O) groups is 2. The van der Waals surface area contributed by atoms with Gasteiger partial charge < -0.3 is 14.8 Å². The standard InChI is InChI=1S/C20H19N3O4/c1-23-18(13-8-10-14(26-2)11-9-13)12-17(22-23)19(24)21-16-7-5-4-6-15(16)20(25)27-3/h4-12H,1-3H3,(H,21,24). The molecule has 1 aromatic heterocycles. The fourth-order valence-corrected chi connectivity index (χ4v) is 2.68. The van der Waals surface area contributed by atoms with Crippen LogP contribution in [0, 0.1) is 0 Å². The van der Waals surface area contributed by atoms with Crippen LogP contribution in [0.25, 0.3) is 11.3 Å². The predicted octanol–water partition coefficient (Wildman–Crippen LogP) is 3.13. The molecule has 0 unspecified atom stereocenters. The number of carbonyl (C=O) groups excluding carboxylic acids is 2. The van der Waals surface area contributed by atoms with Crippen LogP contribution in [0.1, 0.15) is 20.8 Å². The molecular formula is C20H19N3O4. The number of hydrogen-bond donors (Lipinski definition) is 1. The van der Waals surface area contributed by atoms with Crippen LogP contribution in [0.5, 0.6) is 5.75 Å². The Bertz CT molecular complexity index is 977. The summed E-state index contributed by atoms with van der Waals surface area (Å²) in [6.45, 7) is 0. The Morgan fingerprint density at radius 1 is 1.04 bits per heavy atom. The number of amides is 1. The van der Waals surface area contributed by atoms with E-state index in [9.17, 15) is 9.59 Å². The lowest BCUT2D eigenvalue weighted by Crippen LogP contribution is -2.16. The predicted molar refractivity (Wildman–Crippen MR) is 101 cm³/mol. The maximum absolute atomic E-state index is 12.6. The van der Waals surface area contributed by atoms with Crippen LogP contribution in [-0.2, 0) is 11.8 Å². The lowest BCUT2D eigenvalue weighted by molar-refractivity contribution is 0.0602. The number of hydrogen-bond acceptors (Lipinski definition) is 5. The summed E-state index contributed by atoms with van der Waals surface area (Å²) in [5.41, 5.74) is 2.57. The zero-order valence-electron chi connectivity index (χ0n) is 15.2. The van der Waals surface area contributed by atoms with Crippen molar-refractivity contribution in [3.63, 3.8) is 0 Å². The number of methoxy groups -OCH3 is 2. The van der Waals surface area contributed by atoms with Crippen molar-refractivity contribution in [2.75, 3.05) is 19.5 Å². The summed E-state index contributed by atoms with van der Waals surface area (Å²) >= 11 is 0. The van der Waals surface area contributed by atoms with Crippen molar-refractivity contribution in [2.24, 2.45) is 7.05 Å². The number of ether oxygens (including phenoxy) is 2. The minimum absolute atomic E-state index is 0.239. The molecule has 1 N–H and O–H groups in total. The molecule has 7 nitrogen and oxygen atoms in total. The Hall–Kier alpha value is -3.61. The van der Waals surface area contributed by atoms with E-state index >= 15 is 0 Å². The van der Waals surface area contributed by atoms with E-state index in [1.54, 1.807) is 49.2 Å². The van der Waals surface area contributed by atoms with E-state index in [1.165, 1.54) is 7.11 Å². The molecule has 0 radical (unpaired) electrons. The summed E-state index contributed by atoms with van der Waals surface area (Å²) in [5, 5.41) is 6.99. The highest BCUT2D eigenvalue weighted by atomic mass is 16.5. The third kappa shape index (κ3) is 3.82. The smallest absolute Gasteiger partial charge is 0.339 e. The van der Waals surface area contributed by atoms with Gasteiger partial charge in [0.15, 0.2) is 5.69 Å². The number of esters is 1. The Kier molecular flexibility index (Phi) is 5.21. The van der Waals surface area contributed by atoms with Crippen LogP contribution in [0.3, 0.4) is 0 Å². The molecule has 3 aromatic rings. The molecule has 0 aliphatic rings. The number of aromatic nitrogens is 2. The average Bonchev–Trinajstić information content (AvgIpc) is 3.09. The van der Waals surface area contributed by atoms with Crippen molar-refractivity contribution >= 4 is 17.6 Å². The summed E-state index contributed by atoms with van der Waals surface area (Å²) in [6.07, 6.45) is 0. The van der Waals surface area contributed by atoms with Gasteiger partial charge in [-0.05, 0) is 42.5 Å². The second-order valence-corrected chi connectivity index (χ2v) is 5.76. The minimum atomic E-state index is -0.522. The second-order valence-electron chi connectivity index (χ2n) is 5.76.